The summed E-state index contributed by atoms with van der Waals surface area (Å²) in [5, 5.41) is 0. The lowest BCUT2D eigenvalue weighted by Gasteiger charge is -2.28. The van der Waals surface area contributed by atoms with Crippen molar-refractivity contribution in [3.63, 3.8) is 0 Å². The number of morpholine rings is 1. The van der Waals surface area contributed by atoms with Crippen LogP contribution in [0.4, 0.5) is 0 Å². The molecular formula is C23H33N2O8S-. The molecule has 0 radical (unpaired) electrons. The van der Waals surface area contributed by atoms with Crippen molar-refractivity contribution >= 4 is 23.2 Å². The molecule has 1 aromatic rings. The molecule has 0 spiro atoms. The molecule has 1 aliphatic heterocycles. The number of rotatable bonds is 12. The lowest BCUT2D eigenvalue weighted by atomic mass is 10.1. The van der Waals surface area contributed by atoms with E-state index in [0.717, 1.165) is 17.4 Å². The standard InChI is InChI=1S/C23H34N2O8S/c1-5-11-32-22(27)18-6-7-20(31-14-10-24-8-12-30-13-9-24)19(15-18)16-25(34(28)29)17-21(26)33-23(2,3)4/h5-7,15H,1,8-14,16-17H2,2-4H3,(H,28,29)/p-1. The van der Waals surface area contributed by atoms with E-state index in [1.807, 2.05) is 0 Å². The summed E-state index contributed by atoms with van der Waals surface area (Å²) in [4.78, 5) is 26.7. The van der Waals surface area contributed by atoms with E-state index in [2.05, 4.69) is 11.5 Å². The first-order valence-corrected chi connectivity index (χ1v) is 12.0. The van der Waals surface area contributed by atoms with Gasteiger partial charge >= 0.3 is 11.9 Å². The first-order chi connectivity index (χ1) is 16.1. The van der Waals surface area contributed by atoms with Crippen molar-refractivity contribution in [3.05, 3.63) is 42.0 Å². The van der Waals surface area contributed by atoms with Gasteiger partial charge in [0.2, 0.25) is 0 Å². The maximum absolute atomic E-state index is 12.3. The molecule has 11 heteroatoms. The van der Waals surface area contributed by atoms with E-state index in [0.29, 0.717) is 37.7 Å². The van der Waals surface area contributed by atoms with Crippen molar-refractivity contribution in [2.75, 3.05) is 52.6 Å². The number of hydrogen-bond acceptors (Lipinski definition) is 9. The third kappa shape index (κ3) is 9.90. The minimum absolute atomic E-state index is 0.0430. The van der Waals surface area contributed by atoms with Crippen LogP contribution in [0, 0.1) is 0 Å². The van der Waals surface area contributed by atoms with Crippen LogP contribution in [-0.2, 0) is 36.8 Å². The Hall–Kier alpha value is -2.31. The van der Waals surface area contributed by atoms with Crippen molar-refractivity contribution in [2.24, 2.45) is 0 Å². The predicted octanol–water partition coefficient (Wildman–Crippen LogP) is 1.68. The van der Waals surface area contributed by atoms with Gasteiger partial charge in [0, 0.05) is 43.0 Å². The molecule has 1 fully saturated rings. The van der Waals surface area contributed by atoms with E-state index in [-0.39, 0.29) is 18.7 Å². The summed E-state index contributed by atoms with van der Waals surface area (Å²) in [5.41, 5.74) is -0.107. The lowest BCUT2D eigenvalue weighted by molar-refractivity contribution is -0.155. The molecule has 0 aliphatic carbocycles. The summed E-state index contributed by atoms with van der Waals surface area (Å²) in [6, 6.07) is 4.65. The minimum Gasteiger partial charge on any atom is -0.760 e. The lowest BCUT2D eigenvalue weighted by Crippen LogP contribution is -2.38. The van der Waals surface area contributed by atoms with Gasteiger partial charge in [-0.05, 0) is 39.0 Å². The first kappa shape index (κ1) is 27.9. The van der Waals surface area contributed by atoms with E-state index >= 15 is 0 Å². The minimum atomic E-state index is -2.72. The highest BCUT2D eigenvalue weighted by Crippen LogP contribution is 2.24. The molecule has 34 heavy (non-hydrogen) atoms. The molecule has 0 N–H and O–H groups in total. The highest BCUT2D eigenvalue weighted by atomic mass is 32.2. The van der Waals surface area contributed by atoms with Crippen LogP contribution in [0.1, 0.15) is 36.7 Å². The van der Waals surface area contributed by atoms with Crippen LogP contribution >= 0.6 is 0 Å². The monoisotopic (exact) mass is 497 g/mol. The quantitative estimate of drug-likeness (QED) is 0.241. The number of carbonyl (C=O) groups excluding carboxylic acids is 2. The molecule has 1 aliphatic rings. The van der Waals surface area contributed by atoms with Gasteiger partial charge < -0.3 is 23.5 Å². The zero-order chi connectivity index (χ0) is 25.1. The third-order valence-electron chi connectivity index (χ3n) is 4.68. The topological polar surface area (TPSA) is 118 Å². The normalized spacial score (nSPS) is 15.6. The summed E-state index contributed by atoms with van der Waals surface area (Å²) in [6.07, 6.45) is 1.45. The third-order valence-corrected chi connectivity index (χ3v) is 5.36. The first-order valence-electron chi connectivity index (χ1n) is 11.0. The molecule has 0 aromatic heterocycles. The highest BCUT2D eigenvalue weighted by molar-refractivity contribution is 7.76. The maximum atomic E-state index is 12.3. The molecule has 0 amide bonds. The van der Waals surface area contributed by atoms with E-state index in [4.69, 9.17) is 18.9 Å². The summed E-state index contributed by atoms with van der Waals surface area (Å²) >= 11 is -2.72. The van der Waals surface area contributed by atoms with Crippen molar-refractivity contribution in [3.8, 4) is 5.75 Å². The fraction of sp³-hybridized carbons (Fsp3) is 0.565. The Labute approximate surface area is 203 Å². The predicted molar refractivity (Wildman–Crippen MR) is 125 cm³/mol. The van der Waals surface area contributed by atoms with Crippen LogP contribution in [0.3, 0.4) is 0 Å². The van der Waals surface area contributed by atoms with Gasteiger partial charge in [-0.25, -0.2) is 9.10 Å². The molecule has 1 unspecified atom stereocenters. The largest absolute Gasteiger partial charge is 0.760 e. The summed E-state index contributed by atoms with van der Waals surface area (Å²) in [6.45, 7) is 12.0. The SMILES string of the molecule is C=CCOC(=O)c1ccc(OCCN2CCOCC2)c(CN(CC(=O)OC(C)(C)C)S(=O)[O-])c1. The second-order valence-electron chi connectivity index (χ2n) is 8.61. The van der Waals surface area contributed by atoms with Gasteiger partial charge in [-0.1, -0.05) is 12.7 Å². The number of esters is 2. The average molecular weight is 498 g/mol. The van der Waals surface area contributed by atoms with E-state index in [1.54, 1.807) is 32.9 Å². The maximum Gasteiger partial charge on any atom is 0.338 e. The van der Waals surface area contributed by atoms with Crippen molar-refractivity contribution in [1.29, 1.82) is 0 Å². The van der Waals surface area contributed by atoms with E-state index in [9.17, 15) is 18.4 Å². The molecule has 190 valence electrons. The van der Waals surface area contributed by atoms with Crippen LogP contribution in [0.2, 0.25) is 0 Å². The number of ether oxygens (including phenoxy) is 4. The van der Waals surface area contributed by atoms with E-state index < -0.39 is 35.4 Å². The van der Waals surface area contributed by atoms with Gasteiger partial charge in [0.25, 0.3) is 0 Å². The van der Waals surface area contributed by atoms with Crippen LogP contribution in [0.25, 0.3) is 0 Å². The van der Waals surface area contributed by atoms with Gasteiger partial charge in [0.05, 0.1) is 18.8 Å². The summed E-state index contributed by atoms with van der Waals surface area (Å²) in [7, 11) is 0. The molecule has 2 rings (SSSR count). The number of hydrogen-bond donors (Lipinski definition) is 0. The second kappa shape index (κ2) is 13.5. The zero-order valence-electron chi connectivity index (χ0n) is 19.9. The molecule has 10 nitrogen and oxygen atoms in total. The van der Waals surface area contributed by atoms with Crippen molar-refractivity contribution in [1.82, 2.24) is 9.21 Å². The van der Waals surface area contributed by atoms with Crippen LogP contribution in [0.5, 0.6) is 5.75 Å². The summed E-state index contributed by atoms with van der Waals surface area (Å²) in [5.74, 6) is -0.857. The number of benzene rings is 1. The van der Waals surface area contributed by atoms with E-state index in [1.165, 1.54) is 12.1 Å². The van der Waals surface area contributed by atoms with Crippen LogP contribution < -0.4 is 4.74 Å². The highest BCUT2D eigenvalue weighted by Gasteiger charge is 2.22. The smallest absolute Gasteiger partial charge is 0.338 e. The zero-order valence-corrected chi connectivity index (χ0v) is 20.8. The fourth-order valence-electron chi connectivity index (χ4n) is 3.17. The van der Waals surface area contributed by atoms with Crippen LogP contribution in [-0.4, -0.2) is 88.1 Å². The second-order valence-corrected chi connectivity index (χ2v) is 9.56. The Kier molecular flexibility index (Phi) is 11.1. The van der Waals surface area contributed by atoms with Gasteiger partial charge in [-0.3, -0.25) is 13.9 Å². The molecule has 1 saturated heterocycles. The molecule has 1 heterocycles. The van der Waals surface area contributed by atoms with Crippen molar-refractivity contribution < 1.29 is 37.3 Å². The Morgan fingerprint density at radius 3 is 2.62 bits per heavy atom. The molecular weight excluding hydrogens is 464 g/mol. The number of nitrogens with zero attached hydrogens (tertiary/aromatic N) is 2. The summed E-state index contributed by atoms with van der Waals surface area (Å²) < 4.78 is 46.2. The van der Waals surface area contributed by atoms with Gasteiger partial charge in [-0.15, -0.1) is 0 Å². The Morgan fingerprint density at radius 1 is 1.29 bits per heavy atom. The van der Waals surface area contributed by atoms with Crippen LogP contribution in [0.15, 0.2) is 30.9 Å². The Bertz CT molecular complexity index is 865. The Morgan fingerprint density at radius 2 is 2.00 bits per heavy atom. The molecule has 1 atom stereocenters. The molecule has 0 saturated carbocycles. The van der Waals surface area contributed by atoms with Gasteiger partial charge in [0.15, 0.2) is 0 Å². The molecule has 0 bridgehead atoms. The van der Waals surface area contributed by atoms with Gasteiger partial charge in [0.1, 0.15) is 31.1 Å². The molecule has 1 aromatic carbocycles. The average Bonchev–Trinajstić information content (AvgIpc) is 2.77. The number of carbonyl (C=O) groups is 2. The Balaban J connectivity index is 2.18. The van der Waals surface area contributed by atoms with Gasteiger partial charge in [-0.2, -0.15) is 0 Å². The fourth-order valence-corrected chi connectivity index (χ4v) is 3.62. The van der Waals surface area contributed by atoms with Crippen molar-refractivity contribution in [2.45, 2.75) is 32.9 Å².